The molecular weight excluding hydrogens is 465 g/mol. The van der Waals surface area contributed by atoms with Crippen molar-refractivity contribution in [3.8, 4) is 0 Å². The lowest BCUT2D eigenvalue weighted by atomic mass is 9.40. The van der Waals surface area contributed by atoms with Crippen LogP contribution in [0, 0.1) is 11.8 Å². The number of cyclic esters (lactones) is 1. The summed E-state index contributed by atoms with van der Waals surface area (Å²) in [6.07, 6.45) is -0.0219. The third-order valence-corrected chi connectivity index (χ3v) is 9.09. The van der Waals surface area contributed by atoms with Crippen LogP contribution in [0.1, 0.15) is 81.0 Å². The molecule has 0 radical (unpaired) electrons. The monoisotopic (exact) mass is 500 g/mol. The zero-order valence-electron chi connectivity index (χ0n) is 21.2. The summed E-state index contributed by atoms with van der Waals surface area (Å²) in [6, 6.07) is 14.7. The molecule has 194 valence electrons. The molecule has 1 fully saturated rings. The number of carbonyl (C=O) groups excluding carboxylic acids is 1. The first kappa shape index (κ1) is 25.3. The molecular formula is C30H35F3O3. The number of ether oxygens (including phenoxy) is 2. The summed E-state index contributed by atoms with van der Waals surface area (Å²) in [5.41, 5.74) is 0.436. The van der Waals surface area contributed by atoms with Gasteiger partial charge in [-0.3, -0.25) is 4.79 Å². The molecule has 0 unspecified atom stereocenters. The smallest absolute Gasteiger partial charge is 0.415 e. The minimum Gasteiger partial charge on any atom is -0.462 e. The first-order valence-corrected chi connectivity index (χ1v) is 13.2. The number of methoxy groups -OCH3 is 1. The van der Waals surface area contributed by atoms with Crippen LogP contribution in [0.2, 0.25) is 0 Å². The fraction of sp³-hybridized carbons (Fsp3) is 0.567. The van der Waals surface area contributed by atoms with Crippen molar-refractivity contribution < 1.29 is 27.4 Å². The third-order valence-electron chi connectivity index (χ3n) is 9.09. The largest absolute Gasteiger partial charge is 0.462 e. The van der Waals surface area contributed by atoms with Crippen molar-refractivity contribution in [3.05, 3.63) is 70.8 Å². The summed E-state index contributed by atoms with van der Waals surface area (Å²) in [7, 11) is 1.10. The summed E-state index contributed by atoms with van der Waals surface area (Å²) >= 11 is 0. The minimum atomic E-state index is -4.68. The van der Waals surface area contributed by atoms with Crippen LogP contribution in [0.25, 0.3) is 0 Å². The summed E-state index contributed by atoms with van der Waals surface area (Å²) in [6.45, 7) is 4.27. The first-order valence-electron chi connectivity index (χ1n) is 13.2. The van der Waals surface area contributed by atoms with Crippen LogP contribution in [0.3, 0.4) is 0 Å². The van der Waals surface area contributed by atoms with Crippen LogP contribution >= 0.6 is 0 Å². The molecule has 3 nitrogen and oxygen atoms in total. The van der Waals surface area contributed by atoms with Crippen LogP contribution in [0.4, 0.5) is 13.2 Å². The SMILES string of the molecule is CCCCCCCC[C@H]1OC(=O)[C@H]2[C@@H]1C1(C)c3ccccc3C2([C@@H](OC)C(F)(F)F)c2ccccc21. The number of unbranched alkanes of at least 4 members (excludes halogenated alkanes) is 5. The highest BCUT2D eigenvalue weighted by molar-refractivity contribution is 5.84. The molecule has 1 saturated heterocycles. The Morgan fingerprint density at radius 2 is 1.44 bits per heavy atom. The van der Waals surface area contributed by atoms with E-state index in [2.05, 4.69) is 13.8 Å². The molecule has 0 N–H and O–H groups in total. The van der Waals surface area contributed by atoms with Gasteiger partial charge in [-0.05, 0) is 35.1 Å². The quantitative estimate of drug-likeness (QED) is 0.272. The standard InChI is InChI=1S/C30H35F3O3/c1-4-5-6-7-8-9-18-23-24-25(26(34)36-23)29(27(35-3)30(31,32)33)21-16-12-10-14-19(21)28(24,2)20-15-11-13-17-22(20)29/h10-17,23-25,27H,4-9,18H2,1-3H3/t23-,24-,25-,27-,28?,29?/m1/s1. The van der Waals surface area contributed by atoms with Gasteiger partial charge in [0.1, 0.15) is 6.10 Å². The maximum atomic E-state index is 14.8. The lowest BCUT2D eigenvalue weighted by molar-refractivity contribution is -0.239. The number of hydrogen-bond donors (Lipinski definition) is 0. The number of hydrogen-bond acceptors (Lipinski definition) is 3. The maximum absolute atomic E-state index is 14.8. The molecule has 6 heteroatoms. The predicted octanol–water partition coefficient (Wildman–Crippen LogP) is 7.09. The second-order valence-corrected chi connectivity index (χ2v) is 10.9. The van der Waals surface area contributed by atoms with Crippen LogP contribution < -0.4 is 0 Å². The molecule has 6 rings (SSSR count). The number of carbonyl (C=O) groups is 1. The lowest BCUT2D eigenvalue weighted by Crippen LogP contribution is -2.67. The van der Waals surface area contributed by atoms with Crippen LogP contribution in [-0.4, -0.2) is 31.5 Å². The Kier molecular flexibility index (Phi) is 6.47. The Morgan fingerprint density at radius 1 is 0.917 bits per heavy atom. The molecule has 3 aliphatic carbocycles. The molecule has 1 aliphatic heterocycles. The molecule has 4 aliphatic rings. The Balaban J connectivity index is 1.68. The Morgan fingerprint density at radius 3 is 1.97 bits per heavy atom. The van der Waals surface area contributed by atoms with Gasteiger partial charge in [0.25, 0.3) is 0 Å². The summed E-state index contributed by atoms with van der Waals surface area (Å²) in [5, 5.41) is 0. The molecule has 36 heavy (non-hydrogen) atoms. The fourth-order valence-corrected chi connectivity index (χ4v) is 7.80. The van der Waals surface area contributed by atoms with Crippen molar-refractivity contribution in [2.24, 2.45) is 11.8 Å². The molecule has 0 spiro atoms. The van der Waals surface area contributed by atoms with E-state index in [1.807, 2.05) is 24.3 Å². The summed E-state index contributed by atoms with van der Waals surface area (Å²) in [4.78, 5) is 13.7. The van der Waals surface area contributed by atoms with Crippen LogP contribution in [-0.2, 0) is 25.1 Å². The van der Waals surface area contributed by atoms with Crippen molar-refractivity contribution in [3.63, 3.8) is 0 Å². The molecule has 0 saturated carbocycles. The Bertz CT molecular complexity index is 1080. The predicted molar refractivity (Wildman–Crippen MR) is 132 cm³/mol. The Hall–Kier alpha value is -2.34. The van der Waals surface area contributed by atoms with E-state index < -0.39 is 47.0 Å². The van der Waals surface area contributed by atoms with Gasteiger partial charge in [0, 0.05) is 18.4 Å². The molecule has 0 aromatic heterocycles. The normalized spacial score (nSPS) is 30.9. The number of benzene rings is 2. The van der Waals surface area contributed by atoms with Gasteiger partial charge >= 0.3 is 12.1 Å². The Labute approximate surface area is 211 Å². The summed E-state index contributed by atoms with van der Waals surface area (Å²) in [5.74, 6) is -1.90. The highest BCUT2D eigenvalue weighted by Gasteiger charge is 2.75. The second-order valence-electron chi connectivity index (χ2n) is 10.9. The van der Waals surface area contributed by atoms with E-state index >= 15 is 0 Å². The minimum absolute atomic E-state index is 0.398. The molecule has 1 heterocycles. The number of halogens is 3. The molecule has 0 amide bonds. The van der Waals surface area contributed by atoms with Crippen molar-refractivity contribution in [1.29, 1.82) is 0 Å². The highest BCUT2D eigenvalue weighted by Crippen LogP contribution is 2.69. The van der Waals surface area contributed by atoms with Gasteiger partial charge in [-0.25, -0.2) is 0 Å². The van der Waals surface area contributed by atoms with Crippen molar-refractivity contribution in [1.82, 2.24) is 0 Å². The van der Waals surface area contributed by atoms with E-state index in [1.54, 1.807) is 24.3 Å². The van der Waals surface area contributed by atoms with E-state index in [-0.39, 0.29) is 0 Å². The van der Waals surface area contributed by atoms with E-state index in [0.717, 1.165) is 37.5 Å². The summed E-state index contributed by atoms with van der Waals surface area (Å²) < 4.78 is 55.7. The molecule has 2 bridgehead atoms. The molecule has 4 atom stereocenters. The van der Waals surface area contributed by atoms with Crippen LogP contribution in [0.15, 0.2) is 48.5 Å². The number of rotatable bonds is 9. The second kappa shape index (κ2) is 9.20. The van der Waals surface area contributed by atoms with Gasteiger partial charge in [-0.2, -0.15) is 13.2 Å². The maximum Gasteiger partial charge on any atom is 0.415 e. The lowest BCUT2D eigenvalue weighted by Gasteiger charge is -2.61. The first-order chi connectivity index (χ1) is 17.2. The van der Waals surface area contributed by atoms with Gasteiger partial charge < -0.3 is 9.47 Å². The highest BCUT2D eigenvalue weighted by atomic mass is 19.4. The average Bonchev–Trinajstić information content (AvgIpc) is 3.20. The zero-order valence-corrected chi connectivity index (χ0v) is 21.2. The number of esters is 1. The van der Waals surface area contributed by atoms with Gasteiger partial charge in [-0.1, -0.05) is 94.5 Å². The van der Waals surface area contributed by atoms with Gasteiger partial charge in [0.2, 0.25) is 0 Å². The zero-order chi connectivity index (χ0) is 25.7. The topological polar surface area (TPSA) is 35.5 Å². The van der Waals surface area contributed by atoms with Gasteiger partial charge in [-0.15, -0.1) is 0 Å². The van der Waals surface area contributed by atoms with E-state index in [4.69, 9.17) is 9.47 Å². The number of alkyl halides is 3. The average molecular weight is 501 g/mol. The van der Waals surface area contributed by atoms with Crippen molar-refractivity contribution in [2.45, 2.75) is 88.0 Å². The van der Waals surface area contributed by atoms with E-state index in [0.29, 0.717) is 17.5 Å². The van der Waals surface area contributed by atoms with E-state index in [1.165, 1.54) is 19.3 Å². The van der Waals surface area contributed by atoms with Crippen molar-refractivity contribution >= 4 is 5.97 Å². The van der Waals surface area contributed by atoms with E-state index in [9.17, 15) is 18.0 Å². The van der Waals surface area contributed by atoms with Gasteiger partial charge in [0.05, 0.1) is 11.3 Å². The fourth-order valence-electron chi connectivity index (χ4n) is 7.80. The van der Waals surface area contributed by atoms with Crippen LogP contribution in [0.5, 0.6) is 0 Å². The molecule has 2 aromatic rings. The molecule has 2 aromatic carbocycles. The van der Waals surface area contributed by atoms with Gasteiger partial charge in [0.15, 0.2) is 6.10 Å². The third kappa shape index (κ3) is 3.39. The van der Waals surface area contributed by atoms with Crippen molar-refractivity contribution in [2.75, 3.05) is 7.11 Å².